The molecule has 0 bridgehead atoms. The van der Waals surface area contributed by atoms with Gasteiger partial charge in [-0.05, 0) is 23.8 Å². The van der Waals surface area contributed by atoms with Crippen LogP contribution >= 0.6 is 0 Å². The predicted molar refractivity (Wildman–Crippen MR) is 59.7 cm³/mol. The van der Waals surface area contributed by atoms with Crippen molar-refractivity contribution >= 4 is 5.91 Å². The topological polar surface area (TPSA) is 32.3 Å². The summed E-state index contributed by atoms with van der Waals surface area (Å²) in [5.41, 5.74) is -0.800. The highest BCUT2D eigenvalue weighted by Gasteiger charge is 2.31. The largest absolute Gasteiger partial charge is 0.416 e. The van der Waals surface area contributed by atoms with Crippen molar-refractivity contribution < 1.29 is 22.4 Å². The van der Waals surface area contributed by atoms with Gasteiger partial charge in [0.05, 0.1) is 12.1 Å². The molecule has 104 valence electrons. The van der Waals surface area contributed by atoms with E-state index in [2.05, 4.69) is 5.32 Å². The summed E-state index contributed by atoms with van der Waals surface area (Å²) in [5.74, 6) is -1.11. The van der Waals surface area contributed by atoms with Crippen LogP contribution in [0.3, 0.4) is 0 Å². The molecule has 1 aromatic carbocycles. The standard InChI is InChI=1S/C12H12F4N2O/c13-10-4-8(3-9(5-10)12(14,15)16)6-18-2-1-17-11(19)7-18/h3-5H,1-2,6-7H2,(H,17,19). The minimum Gasteiger partial charge on any atom is -0.354 e. The first-order valence-electron chi connectivity index (χ1n) is 5.70. The normalized spacial score (nSPS) is 17.4. The van der Waals surface area contributed by atoms with Gasteiger partial charge in [0.1, 0.15) is 5.82 Å². The van der Waals surface area contributed by atoms with Gasteiger partial charge in [-0.2, -0.15) is 13.2 Å². The molecular weight excluding hydrogens is 264 g/mol. The molecular formula is C12H12F4N2O. The van der Waals surface area contributed by atoms with Crippen LogP contribution in [0.5, 0.6) is 0 Å². The van der Waals surface area contributed by atoms with E-state index >= 15 is 0 Å². The van der Waals surface area contributed by atoms with Crippen molar-refractivity contribution in [1.82, 2.24) is 10.2 Å². The van der Waals surface area contributed by atoms with Gasteiger partial charge in [-0.1, -0.05) is 0 Å². The minimum absolute atomic E-state index is 0.109. The van der Waals surface area contributed by atoms with E-state index in [4.69, 9.17) is 0 Å². The van der Waals surface area contributed by atoms with Gasteiger partial charge in [-0.25, -0.2) is 4.39 Å². The van der Waals surface area contributed by atoms with E-state index in [0.717, 1.165) is 12.1 Å². The summed E-state index contributed by atoms with van der Waals surface area (Å²) in [4.78, 5) is 12.8. The lowest BCUT2D eigenvalue weighted by Gasteiger charge is -2.26. The number of hydrogen-bond donors (Lipinski definition) is 1. The molecule has 7 heteroatoms. The first-order valence-corrected chi connectivity index (χ1v) is 5.70. The van der Waals surface area contributed by atoms with E-state index in [9.17, 15) is 22.4 Å². The summed E-state index contributed by atoms with van der Waals surface area (Å²) in [7, 11) is 0. The smallest absolute Gasteiger partial charge is 0.354 e. The van der Waals surface area contributed by atoms with E-state index in [1.165, 1.54) is 0 Å². The maximum atomic E-state index is 13.2. The first-order chi connectivity index (χ1) is 8.84. The monoisotopic (exact) mass is 276 g/mol. The molecule has 1 saturated heterocycles. The van der Waals surface area contributed by atoms with Gasteiger partial charge in [0, 0.05) is 19.6 Å². The molecule has 3 nitrogen and oxygen atoms in total. The lowest BCUT2D eigenvalue weighted by Crippen LogP contribution is -2.47. The Bertz CT molecular complexity index is 487. The van der Waals surface area contributed by atoms with Crippen LogP contribution < -0.4 is 5.32 Å². The van der Waals surface area contributed by atoms with Crippen molar-refractivity contribution in [3.63, 3.8) is 0 Å². The Kier molecular flexibility index (Phi) is 3.75. The SMILES string of the molecule is O=C1CN(Cc2cc(F)cc(C(F)(F)F)c2)CCN1. The molecule has 0 aromatic heterocycles. The number of amides is 1. The van der Waals surface area contributed by atoms with E-state index in [-0.39, 0.29) is 24.6 Å². The van der Waals surface area contributed by atoms with Crippen LogP contribution in [0.2, 0.25) is 0 Å². The summed E-state index contributed by atoms with van der Waals surface area (Å²) in [6, 6.07) is 2.43. The van der Waals surface area contributed by atoms with E-state index < -0.39 is 17.6 Å². The number of nitrogens with zero attached hydrogens (tertiary/aromatic N) is 1. The van der Waals surface area contributed by atoms with Crippen molar-refractivity contribution in [3.8, 4) is 0 Å². The third kappa shape index (κ3) is 3.66. The molecule has 19 heavy (non-hydrogen) atoms. The minimum atomic E-state index is -4.57. The lowest BCUT2D eigenvalue weighted by molar-refractivity contribution is -0.138. The molecule has 1 fully saturated rings. The van der Waals surface area contributed by atoms with Gasteiger partial charge in [0.15, 0.2) is 0 Å². The maximum Gasteiger partial charge on any atom is 0.416 e. The second-order valence-electron chi connectivity index (χ2n) is 4.41. The molecule has 0 atom stereocenters. The van der Waals surface area contributed by atoms with Gasteiger partial charge >= 0.3 is 6.18 Å². The van der Waals surface area contributed by atoms with Crippen LogP contribution in [-0.2, 0) is 17.5 Å². The third-order valence-electron chi connectivity index (χ3n) is 2.81. The zero-order valence-electron chi connectivity index (χ0n) is 9.93. The lowest BCUT2D eigenvalue weighted by atomic mass is 10.1. The van der Waals surface area contributed by atoms with Crippen LogP contribution in [0.4, 0.5) is 17.6 Å². The fourth-order valence-corrected chi connectivity index (χ4v) is 1.99. The van der Waals surface area contributed by atoms with Gasteiger partial charge in [0.2, 0.25) is 5.91 Å². The van der Waals surface area contributed by atoms with Crippen LogP contribution in [-0.4, -0.2) is 30.4 Å². The summed E-state index contributed by atoms with van der Waals surface area (Å²) < 4.78 is 50.8. The van der Waals surface area contributed by atoms with Gasteiger partial charge < -0.3 is 5.32 Å². The Labute approximate surface area is 107 Å². The molecule has 0 spiro atoms. The molecule has 2 rings (SSSR count). The molecule has 1 aliphatic rings. The fourth-order valence-electron chi connectivity index (χ4n) is 1.99. The van der Waals surface area contributed by atoms with Crippen LogP contribution in [0, 0.1) is 5.82 Å². The molecule has 1 amide bonds. The van der Waals surface area contributed by atoms with Gasteiger partial charge in [-0.15, -0.1) is 0 Å². The van der Waals surface area contributed by atoms with Crippen molar-refractivity contribution in [1.29, 1.82) is 0 Å². The zero-order chi connectivity index (χ0) is 14.0. The Balaban J connectivity index is 2.16. The number of carbonyl (C=O) groups is 1. The number of hydrogen-bond acceptors (Lipinski definition) is 2. The molecule has 0 unspecified atom stereocenters. The number of rotatable bonds is 2. The van der Waals surface area contributed by atoms with Crippen molar-refractivity contribution in [2.75, 3.05) is 19.6 Å². The van der Waals surface area contributed by atoms with Crippen LogP contribution in [0.1, 0.15) is 11.1 Å². The molecule has 0 aliphatic carbocycles. The van der Waals surface area contributed by atoms with Crippen LogP contribution in [0.15, 0.2) is 18.2 Å². The number of alkyl halides is 3. The first kappa shape index (κ1) is 13.8. The van der Waals surface area contributed by atoms with E-state index in [1.807, 2.05) is 0 Å². The van der Waals surface area contributed by atoms with Crippen LogP contribution in [0.25, 0.3) is 0 Å². The highest BCUT2D eigenvalue weighted by Crippen LogP contribution is 2.30. The van der Waals surface area contributed by atoms with Gasteiger partial charge in [0.25, 0.3) is 0 Å². The molecule has 1 aliphatic heterocycles. The summed E-state index contributed by atoms with van der Waals surface area (Å²) in [5, 5.41) is 2.61. The van der Waals surface area contributed by atoms with E-state index in [1.54, 1.807) is 4.90 Å². The van der Waals surface area contributed by atoms with Crippen molar-refractivity contribution in [2.45, 2.75) is 12.7 Å². The molecule has 1 heterocycles. The quantitative estimate of drug-likeness (QED) is 0.835. The number of halogens is 4. The summed E-state index contributed by atoms with van der Waals surface area (Å²) in [6.45, 7) is 1.20. The number of benzene rings is 1. The molecule has 0 saturated carbocycles. The molecule has 1 N–H and O–H groups in total. The Morgan fingerprint density at radius 3 is 2.63 bits per heavy atom. The third-order valence-corrected chi connectivity index (χ3v) is 2.81. The van der Waals surface area contributed by atoms with Gasteiger partial charge in [-0.3, -0.25) is 9.69 Å². The fraction of sp³-hybridized carbons (Fsp3) is 0.417. The highest BCUT2D eigenvalue weighted by molar-refractivity contribution is 5.78. The Morgan fingerprint density at radius 2 is 2.00 bits per heavy atom. The number of piperazine rings is 1. The predicted octanol–water partition coefficient (Wildman–Crippen LogP) is 1.78. The average molecular weight is 276 g/mol. The zero-order valence-corrected chi connectivity index (χ0v) is 9.93. The average Bonchev–Trinajstić information content (AvgIpc) is 2.26. The van der Waals surface area contributed by atoms with E-state index in [0.29, 0.717) is 19.2 Å². The number of nitrogens with one attached hydrogen (secondary N) is 1. The second-order valence-corrected chi connectivity index (χ2v) is 4.41. The Hall–Kier alpha value is -1.63. The second kappa shape index (κ2) is 5.16. The summed E-state index contributed by atoms with van der Waals surface area (Å²) >= 11 is 0. The van der Waals surface area contributed by atoms with Crippen molar-refractivity contribution in [2.24, 2.45) is 0 Å². The molecule has 1 aromatic rings. The van der Waals surface area contributed by atoms with Crippen molar-refractivity contribution in [3.05, 3.63) is 35.1 Å². The summed E-state index contributed by atoms with van der Waals surface area (Å²) in [6.07, 6.45) is -4.57. The maximum absolute atomic E-state index is 13.2. The highest BCUT2D eigenvalue weighted by atomic mass is 19.4. The molecule has 0 radical (unpaired) electrons. The number of carbonyl (C=O) groups excluding carboxylic acids is 1. The Morgan fingerprint density at radius 1 is 1.26 bits per heavy atom.